The molecule has 60 valence electrons. The fourth-order valence-electron chi connectivity index (χ4n) is 0.480. The smallest absolute Gasteiger partial charge is 0.307 e. The molecule has 0 aromatic carbocycles. The third-order valence-electron chi connectivity index (χ3n) is 1.04. The molecule has 11 heavy (non-hydrogen) atoms. The molecule has 0 radical (unpaired) electrons. The highest BCUT2D eigenvalue weighted by molar-refractivity contribution is 5.68. The normalized spacial score (nSPS) is 9.55. The summed E-state index contributed by atoms with van der Waals surface area (Å²) in [6.45, 7) is 1.81. The van der Waals surface area contributed by atoms with Crippen LogP contribution >= 0.6 is 0 Å². The van der Waals surface area contributed by atoms with Crippen molar-refractivity contribution in [1.82, 2.24) is 20.2 Å². The van der Waals surface area contributed by atoms with Gasteiger partial charge in [-0.25, -0.2) is 0 Å². The first-order valence-corrected chi connectivity index (χ1v) is 3.19. The molecule has 1 rings (SSSR count). The Hall–Kier alpha value is -1.46. The van der Waals surface area contributed by atoms with Crippen LogP contribution in [0.15, 0.2) is 6.33 Å². The fourth-order valence-corrected chi connectivity index (χ4v) is 0.480. The summed E-state index contributed by atoms with van der Waals surface area (Å²) in [5.41, 5.74) is 0. The standard InChI is InChI=1S/C5H8N4O2/c1-2-5(10)11-4-9-3-6-7-8-9/h3H,2,4H2,1H3. The van der Waals surface area contributed by atoms with Crippen LogP contribution in [0.3, 0.4) is 0 Å². The lowest BCUT2D eigenvalue weighted by Gasteiger charge is -1.99. The Balaban J connectivity index is 2.29. The van der Waals surface area contributed by atoms with Gasteiger partial charge in [0.1, 0.15) is 6.33 Å². The van der Waals surface area contributed by atoms with Crippen LogP contribution in [0.2, 0.25) is 0 Å². The number of tetrazole rings is 1. The quantitative estimate of drug-likeness (QED) is 0.556. The molecule has 1 aromatic heterocycles. The summed E-state index contributed by atoms with van der Waals surface area (Å²) in [7, 11) is 0. The molecule has 6 heteroatoms. The predicted octanol–water partition coefficient (Wildman–Crippen LogP) is -0.416. The lowest BCUT2D eigenvalue weighted by molar-refractivity contribution is -0.147. The minimum Gasteiger partial charge on any atom is -0.442 e. The average molecular weight is 156 g/mol. The molecule has 0 aliphatic heterocycles. The zero-order chi connectivity index (χ0) is 8.10. The van der Waals surface area contributed by atoms with Gasteiger partial charge in [-0.15, -0.1) is 5.10 Å². The van der Waals surface area contributed by atoms with Crippen LogP contribution in [0.4, 0.5) is 0 Å². The van der Waals surface area contributed by atoms with Crippen molar-refractivity contribution in [1.29, 1.82) is 0 Å². The topological polar surface area (TPSA) is 69.9 Å². The van der Waals surface area contributed by atoms with Crippen LogP contribution in [0.25, 0.3) is 0 Å². The van der Waals surface area contributed by atoms with Crippen molar-refractivity contribution < 1.29 is 9.53 Å². The van der Waals surface area contributed by atoms with Crippen molar-refractivity contribution in [2.45, 2.75) is 20.1 Å². The van der Waals surface area contributed by atoms with Gasteiger partial charge in [0.05, 0.1) is 0 Å². The summed E-state index contributed by atoms with van der Waals surface area (Å²) in [6.07, 6.45) is 1.74. The van der Waals surface area contributed by atoms with Crippen LogP contribution in [-0.4, -0.2) is 26.2 Å². The number of esters is 1. The number of rotatable bonds is 3. The van der Waals surface area contributed by atoms with E-state index in [2.05, 4.69) is 15.5 Å². The maximum atomic E-state index is 10.6. The van der Waals surface area contributed by atoms with Gasteiger partial charge in [-0.1, -0.05) is 6.92 Å². The van der Waals surface area contributed by atoms with Gasteiger partial charge in [-0.3, -0.25) is 4.79 Å². The largest absolute Gasteiger partial charge is 0.442 e. The lowest BCUT2D eigenvalue weighted by Crippen LogP contribution is -2.08. The Labute approximate surface area is 63.1 Å². The van der Waals surface area contributed by atoms with Crippen LogP contribution in [-0.2, 0) is 16.3 Å². The molecule has 0 saturated heterocycles. The Kier molecular flexibility index (Phi) is 2.53. The van der Waals surface area contributed by atoms with E-state index >= 15 is 0 Å². The van der Waals surface area contributed by atoms with Crippen LogP contribution in [0.5, 0.6) is 0 Å². The Bertz CT molecular complexity index is 220. The average Bonchev–Trinajstić information content (AvgIpc) is 2.52. The first kappa shape index (κ1) is 7.64. The molecule has 0 spiro atoms. The van der Waals surface area contributed by atoms with E-state index in [0.29, 0.717) is 6.42 Å². The second kappa shape index (κ2) is 3.65. The minimum atomic E-state index is -0.263. The molecule has 0 unspecified atom stereocenters. The number of carbonyl (C=O) groups excluding carboxylic acids is 1. The van der Waals surface area contributed by atoms with Crippen molar-refractivity contribution in [2.24, 2.45) is 0 Å². The van der Waals surface area contributed by atoms with Crippen molar-refractivity contribution in [3.63, 3.8) is 0 Å². The van der Waals surface area contributed by atoms with E-state index < -0.39 is 0 Å². The van der Waals surface area contributed by atoms with Crippen molar-refractivity contribution >= 4 is 5.97 Å². The SMILES string of the molecule is CCC(=O)OCn1cnnn1. The van der Waals surface area contributed by atoms with E-state index in [4.69, 9.17) is 4.74 Å². The Morgan fingerprint density at radius 1 is 1.73 bits per heavy atom. The van der Waals surface area contributed by atoms with Crippen molar-refractivity contribution in [3.8, 4) is 0 Å². The highest BCUT2D eigenvalue weighted by Crippen LogP contribution is 1.86. The van der Waals surface area contributed by atoms with E-state index in [1.54, 1.807) is 6.92 Å². The number of hydrogen-bond donors (Lipinski definition) is 0. The van der Waals surface area contributed by atoms with Crippen LogP contribution in [0, 0.1) is 0 Å². The first-order valence-electron chi connectivity index (χ1n) is 3.19. The second-order valence-corrected chi connectivity index (χ2v) is 1.85. The highest BCUT2D eigenvalue weighted by atomic mass is 16.5. The summed E-state index contributed by atoms with van der Waals surface area (Å²) in [5, 5.41) is 10.2. The molecule has 0 aliphatic carbocycles. The molecular weight excluding hydrogens is 148 g/mol. The second-order valence-electron chi connectivity index (χ2n) is 1.85. The first-order chi connectivity index (χ1) is 5.33. The van der Waals surface area contributed by atoms with E-state index in [9.17, 15) is 4.79 Å². The summed E-state index contributed by atoms with van der Waals surface area (Å²) in [6, 6.07) is 0. The van der Waals surface area contributed by atoms with Gasteiger partial charge < -0.3 is 4.74 Å². The van der Waals surface area contributed by atoms with Crippen molar-refractivity contribution in [3.05, 3.63) is 6.33 Å². The van der Waals surface area contributed by atoms with Gasteiger partial charge in [0, 0.05) is 6.42 Å². The summed E-state index contributed by atoms with van der Waals surface area (Å²) in [5.74, 6) is -0.263. The molecule has 0 bridgehead atoms. The third-order valence-corrected chi connectivity index (χ3v) is 1.04. The van der Waals surface area contributed by atoms with E-state index in [0.717, 1.165) is 0 Å². The van der Waals surface area contributed by atoms with Gasteiger partial charge in [0.25, 0.3) is 0 Å². The molecule has 0 amide bonds. The highest BCUT2D eigenvalue weighted by Gasteiger charge is 1.98. The molecule has 0 aliphatic rings. The van der Waals surface area contributed by atoms with Gasteiger partial charge in [0.2, 0.25) is 0 Å². The van der Waals surface area contributed by atoms with Gasteiger partial charge >= 0.3 is 5.97 Å². The predicted molar refractivity (Wildman–Crippen MR) is 34.2 cm³/mol. The van der Waals surface area contributed by atoms with Crippen LogP contribution < -0.4 is 0 Å². The number of carbonyl (C=O) groups is 1. The minimum absolute atomic E-state index is 0.0830. The zero-order valence-electron chi connectivity index (χ0n) is 6.10. The summed E-state index contributed by atoms with van der Waals surface area (Å²) < 4.78 is 6.04. The molecule has 0 N–H and O–H groups in total. The fraction of sp³-hybridized carbons (Fsp3) is 0.600. The monoisotopic (exact) mass is 156 g/mol. The molecular formula is C5H8N4O2. The third kappa shape index (κ3) is 2.32. The zero-order valence-corrected chi connectivity index (χ0v) is 6.10. The number of nitrogens with zero attached hydrogens (tertiary/aromatic N) is 4. The van der Waals surface area contributed by atoms with Crippen molar-refractivity contribution in [2.75, 3.05) is 0 Å². The lowest BCUT2D eigenvalue weighted by atomic mass is 10.5. The van der Waals surface area contributed by atoms with Gasteiger partial charge in [-0.2, -0.15) is 4.68 Å². The number of hydrogen-bond acceptors (Lipinski definition) is 5. The van der Waals surface area contributed by atoms with Gasteiger partial charge in [0.15, 0.2) is 6.73 Å². The van der Waals surface area contributed by atoms with E-state index in [-0.39, 0.29) is 12.7 Å². The van der Waals surface area contributed by atoms with E-state index in [1.807, 2.05) is 0 Å². The molecule has 0 atom stereocenters. The maximum absolute atomic E-state index is 10.6. The van der Waals surface area contributed by atoms with Gasteiger partial charge in [-0.05, 0) is 10.4 Å². The molecule has 6 nitrogen and oxygen atoms in total. The molecule has 1 aromatic rings. The molecule has 1 heterocycles. The molecule has 0 saturated carbocycles. The Morgan fingerprint density at radius 3 is 3.09 bits per heavy atom. The summed E-state index contributed by atoms with van der Waals surface area (Å²) >= 11 is 0. The molecule has 0 fully saturated rings. The summed E-state index contributed by atoms with van der Waals surface area (Å²) in [4.78, 5) is 10.6. The van der Waals surface area contributed by atoms with E-state index in [1.165, 1.54) is 11.0 Å². The number of ether oxygens (including phenoxy) is 1. The van der Waals surface area contributed by atoms with Crippen LogP contribution in [0.1, 0.15) is 13.3 Å². The number of aromatic nitrogens is 4. The maximum Gasteiger partial charge on any atom is 0.307 e. The Morgan fingerprint density at radius 2 is 2.55 bits per heavy atom.